The van der Waals surface area contributed by atoms with Gasteiger partial charge >= 0.3 is 6.03 Å². The molecule has 1 saturated heterocycles. The Morgan fingerprint density at radius 2 is 1.49 bits per heavy atom. The number of nitrogens with one attached hydrogen (secondary N) is 3. The molecule has 186 valence electrons. The second-order valence-corrected chi connectivity index (χ2v) is 8.48. The molecule has 0 spiro atoms. The molecular formula is C26H20ClN5O5. The standard InChI is InChI=1S/C26H20ClN5O5/c1-15-2-12-20(13-3-15)32-25(36)21(24(35)30-26(32)37)14-28-31-23(34)17-6-10-19(11-7-17)29-22(33)16-4-8-18(27)9-5-16/h2-14,21H,1H3,(H,29,33)(H,31,34)(H,30,35,37)/b28-14-/t21-/m0/s1. The van der Waals surface area contributed by atoms with Gasteiger partial charge in [0, 0.05) is 28.1 Å². The minimum Gasteiger partial charge on any atom is -0.322 e. The SMILES string of the molecule is Cc1ccc(N2C(=O)NC(=O)[C@H](/C=N\NC(=O)c3ccc(NC(=O)c4ccc(Cl)cc4)cc3)C2=O)cc1. The first-order valence-corrected chi connectivity index (χ1v) is 11.4. The van der Waals surface area contributed by atoms with Gasteiger partial charge in [-0.3, -0.25) is 24.5 Å². The summed E-state index contributed by atoms with van der Waals surface area (Å²) in [5.41, 5.74) is 4.58. The van der Waals surface area contributed by atoms with Gasteiger partial charge in [0.25, 0.3) is 17.7 Å². The maximum atomic E-state index is 12.8. The van der Waals surface area contributed by atoms with Crippen LogP contribution < -0.4 is 21.0 Å². The molecule has 0 unspecified atom stereocenters. The number of hydrogen-bond donors (Lipinski definition) is 3. The molecule has 3 N–H and O–H groups in total. The Labute approximate surface area is 216 Å². The van der Waals surface area contributed by atoms with Crippen LogP contribution in [0.25, 0.3) is 0 Å². The highest BCUT2D eigenvalue weighted by atomic mass is 35.5. The molecule has 6 amide bonds. The van der Waals surface area contributed by atoms with Crippen molar-refractivity contribution in [2.24, 2.45) is 11.0 Å². The molecule has 1 fully saturated rings. The zero-order valence-electron chi connectivity index (χ0n) is 19.4. The Bertz CT molecular complexity index is 1400. The summed E-state index contributed by atoms with van der Waals surface area (Å²) in [7, 11) is 0. The fourth-order valence-corrected chi connectivity index (χ4v) is 3.53. The lowest BCUT2D eigenvalue weighted by Gasteiger charge is -2.28. The topological polar surface area (TPSA) is 137 Å². The second kappa shape index (κ2) is 10.8. The molecule has 1 aliphatic heterocycles. The zero-order valence-corrected chi connectivity index (χ0v) is 20.2. The number of carbonyl (C=O) groups is 5. The van der Waals surface area contributed by atoms with Crippen molar-refractivity contribution in [3.05, 3.63) is 94.5 Å². The molecular weight excluding hydrogens is 498 g/mol. The predicted octanol–water partition coefficient (Wildman–Crippen LogP) is 3.52. The van der Waals surface area contributed by atoms with Crippen LogP contribution in [0.5, 0.6) is 0 Å². The van der Waals surface area contributed by atoms with Crippen LogP contribution in [-0.4, -0.2) is 35.9 Å². The normalized spacial score (nSPS) is 15.5. The molecule has 0 aromatic heterocycles. The van der Waals surface area contributed by atoms with E-state index in [4.69, 9.17) is 11.6 Å². The first-order valence-electron chi connectivity index (χ1n) is 11.0. The smallest absolute Gasteiger partial charge is 0.322 e. The van der Waals surface area contributed by atoms with Crippen molar-refractivity contribution in [1.29, 1.82) is 0 Å². The largest absolute Gasteiger partial charge is 0.335 e. The maximum Gasteiger partial charge on any atom is 0.335 e. The number of barbiturate groups is 1. The van der Waals surface area contributed by atoms with Gasteiger partial charge in [0.05, 0.1) is 5.69 Å². The van der Waals surface area contributed by atoms with Crippen molar-refractivity contribution < 1.29 is 24.0 Å². The summed E-state index contributed by atoms with van der Waals surface area (Å²) in [6.07, 6.45) is 0.962. The number of carbonyl (C=O) groups excluding carboxylic acids is 5. The Balaban J connectivity index is 1.37. The number of hydrogen-bond acceptors (Lipinski definition) is 6. The molecule has 0 radical (unpaired) electrons. The van der Waals surface area contributed by atoms with Crippen LogP contribution in [0.4, 0.5) is 16.2 Å². The van der Waals surface area contributed by atoms with Gasteiger partial charge in [-0.2, -0.15) is 5.10 Å². The summed E-state index contributed by atoms with van der Waals surface area (Å²) in [5, 5.41) is 9.06. The minimum absolute atomic E-state index is 0.220. The van der Waals surface area contributed by atoms with E-state index in [0.717, 1.165) is 16.7 Å². The molecule has 1 heterocycles. The molecule has 3 aromatic rings. The Kier molecular flexibility index (Phi) is 7.40. The minimum atomic E-state index is -1.41. The summed E-state index contributed by atoms with van der Waals surface area (Å²) in [5.74, 6) is -4.01. The van der Waals surface area contributed by atoms with Crippen LogP contribution in [0.1, 0.15) is 26.3 Å². The molecule has 3 aromatic carbocycles. The lowest BCUT2D eigenvalue weighted by molar-refractivity contribution is -0.131. The second-order valence-electron chi connectivity index (χ2n) is 8.04. The average molecular weight is 518 g/mol. The molecule has 11 heteroatoms. The summed E-state index contributed by atoms with van der Waals surface area (Å²) in [6.45, 7) is 1.86. The van der Waals surface area contributed by atoms with E-state index < -0.39 is 29.7 Å². The highest BCUT2D eigenvalue weighted by Gasteiger charge is 2.40. The van der Waals surface area contributed by atoms with Crippen molar-refractivity contribution >= 4 is 58.9 Å². The first kappa shape index (κ1) is 25.3. The molecule has 10 nitrogen and oxygen atoms in total. The predicted molar refractivity (Wildman–Crippen MR) is 137 cm³/mol. The quantitative estimate of drug-likeness (QED) is 0.261. The van der Waals surface area contributed by atoms with Crippen LogP contribution >= 0.6 is 11.6 Å². The zero-order chi connectivity index (χ0) is 26.5. The van der Waals surface area contributed by atoms with Gasteiger partial charge in [-0.25, -0.2) is 15.1 Å². The Hall–Kier alpha value is -4.83. The lowest BCUT2D eigenvalue weighted by atomic mass is 10.1. The van der Waals surface area contributed by atoms with Crippen molar-refractivity contribution in [3.63, 3.8) is 0 Å². The van der Waals surface area contributed by atoms with Crippen molar-refractivity contribution in [1.82, 2.24) is 10.7 Å². The van der Waals surface area contributed by atoms with Crippen molar-refractivity contribution in [2.75, 3.05) is 10.2 Å². The van der Waals surface area contributed by atoms with Crippen LogP contribution in [0, 0.1) is 12.8 Å². The molecule has 0 bridgehead atoms. The van der Waals surface area contributed by atoms with Crippen molar-refractivity contribution in [2.45, 2.75) is 6.92 Å². The molecule has 0 saturated carbocycles. The molecule has 1 atom stereocenters. The molecule has 1 aliphatic rings. The van der Waals surface area contributed by atoms with E-state index in [1.807, 2.05) is 6.92 Å². The van der Waals surface area contributed by atoms with E-state index >= 15 is 0 Å². The number of nitrogens with zero attached hydrogens (tertiary/aromatic N) is 2. The van der Waals surface area contributed by atoms with E-state index in [2.05, 4.69) is 21.2 Å². The van der Waals surface area contributed by atoms with Crippen LogP contribution in [0.2, 0.25) is 5.02 Å². The van der Waals surface area contributed by atoms with E-state index in [9.17, 15) is 24.0 Å². The van der Waals surface area contributed by atoms with E-state index in [1.54, 1.807) is 48.5 Å². The number of aryl methyl sites for hydroxylation is 1. The number of amides is 6. The van der Waals surface area contributed by atoms with E-state index in [0.29, 0.717) is 22.0 Å². The van der Waals surface area contributed by atoms with Crippen molar-refractivity contribution in [3.8, 4) is 0 Å². The summed E-state index contributed by atoms with van der Waals surface area (Å²) >= 11 is 5.83. The Morgan fingerprint density at radius 1 is 0.892 bits per heavy atom. The van der Waals surface area contributed by atoms with Gasteiger partial charge in [-0.1, -0.05) is 29.3 Å². The Morgan fingerprint density at radius 3 is 2.14 bits per heavy atom. The molecule has 37 heavy (non-hydrogen) atoms. The van der Waals surface area contributed by atoms with Gasteiger partial charge in [-0.15, -0.1) is 0 Å². The van der Waals surface area contributed by atoms with Crippen LogP contribution in [-0.2, 0) is 9.59 Å². The summed E-state index contributed by atoms with van der Waals surface area (Å²) < 4.78 is 0. The number of benzene rings is 3. The summed E-state index contributed by atoms with van der Waals surface area (Å²) in [6, 6.07) is 18.2. The van der Waals surface area contributed by atoms with E-state index in [1.165, 1.54) is 24.3 Å². The third kappa shape index (κ3) is 5.88. The van der Waals surface area contributed by atoms with Gasteiger partial charge in [0.2, 0.25) is 5.91 Å². The summed E-state index contributed by atoms with van der Waals surface area (Å²) in [4.78, 5) is 62.8. The monoisotopic (exact) mass is 517 g/mol. The highest BCUT2D eigenvalue weighted by molar-refractivity contribution is 6.32. The number of urea groups is 1. The number of hydrazone groups is 1. The van der Waals surface area contributed by atoms with Gasteiger partial charge in [-0.05, 0) is 67.6 Å². The highest BCUT2D eigenvalue weighted by Crippen LogP contribution is 2.20. The number of halogens is 1. The van der Waals surface area contributed by atoms with Gasteiger partial charge in [0.15, 0.2) is 5.92 Å². The number of rotatable bonds is 6. The fourth-order valence-electron chi connectivity index (χ4n) is 3.40. The molecule has 4 rings (SSSR count). The average Bonchev–Trinajstić information content (AvgIpc) is 2.87. The van der Waals surface area contributed by atoms with Gasteiger partial charge in [0.1, 0.15) is 0 Å². The van der Waals surface area contributed by atoms with Gasteiger partial charge < -0.3 is 5.32 Å². The third-order valence-corrected chi connectivity index (χ3v) is 5.65. The number of anilines is 2. The lowest BCUT2D eigenvalue weighted by Crippen LogP contribution is -2.58. The van der Waals surface area contributed by atoms with E-state index in [-0.39, 0.29) is 11.5 Å². The first-order chi connectivity index (χ1) is 17.7. The number of imide groups is 2. The van der Waals surface area contributed by atoms with Crippen LogP contribution in [0.15, 0.2) is 77.9 Å². The molecule has 0 aliphatic carbocycles. The third-order valence-electron chi connectivity index (χ3n) is 5.40. The van der Waals surface area contributed by atoms with Crippen LogP contribution in [0.3, 0.4) is 0 Å². The maximum absolute atomic E-state index is 12.8. The fraction of sp³-hybridized carbons (Fsp3) is 0.0769.